The molecule has 0 saturated heterocycles. The standard InChI is InChI=1S/C19H21N3O4/c1-21-19(25)16(11-17(20)23)22-18(24)12-26-15-9-7-14(8-10-15)13-5-3-2-4-6-13/h2-10,16H,11-12H2,1H3,(H2,20,23)(H,21,25)(H,22,24)/t16-/m0/s1. The molecule has 2 aromatic rings. The fraction of sp³-hybridized carbons (Fsp3) is 0.211. The maximum atomic E-state index is 11.9. The van der Waals surface area contributed by atoms with Gasteiger partial charge in [0.15, 0.2) is 6.61 Å². The van der Waals surface area contributed by atoms with Crippen molar-refractivity contribution in [1.29, 1.82) is 0 Å². The van der Waals surface area contributed by atoms with Crippen LogP contribution in [0.5, 0.6) is 5.75 Å². The number of nitrogens with two attached hydrogens (primary N) is 1. The van der Waals surface area contributed by atoms with E-state index in [1.165, 1.54) is 7.05 Å². The first-order chi connectivity index (χ1) is 12.5. The minimum absolute atomic E-state index is 0.281. The summed E-state index contributed by atoms with van der Waals surface area (Å²) in [5.41, 5.74) is 7.20. The van der Waals surface area contributed by atoms with Crippen LogP contribution in [0.1, 0.15) is 6.42 Å². The Morgan fingerprint density at radius 3 is 2.19 bits per heavy atom. The normalized spacial score (nSPS) is 11.3. The minimum atomic E-state index is -1.02. The van der Waals surface area contributed by atoms with Gasteiger partial charge in [0.05, 0.1) is 6.42 Å². The summed E-state index contributed by atoms with van der Waals surface area (Å²) in [7, 11) is 1.41. The number of likely N-dealkylation sites (N-methyl/N-ethyl adjacent to an activating group) is 1. The number of nitrogens with one attached hydrogen (secondary N) is 2. The Kier molecular flexibility index (Phi) is 6.73. The molecule has 0 saturated carbocycles. The second-order valence-corrected chi connectivity index (χ2v) is 5.58. The van der Waals surface area contributed by atoms with Crippen LogP contribution in [-0.4, -0.2) is 37.4 Å². The van der Waals surface area contributed by atoms with Crippen LogP contribution in [0.25, 0.3) is 11.1 Å². The van der Waals surface area contributed by atoms with E-state index in [0.29, 0.717) is 5.75 Å². The lowest BCUT2D eigenvalue weighted by molar-refractivity contribution is -0.131. The number of primary amides is 1. The predicted octanol–water partition coefficient (Wildman–Crippen LogP) is 0.839. The van der Waals surface area contributed by atoms with Crippen molar-refractivity contribution >= 4 is 17.7 Å². The molecule has 0 aliphatic rings. The van der Waals surface area contributed by atoms with Crippen molar-refractivity contribution in [1.82, 2.24) is 10.6 Å². The fourth-order valence-corrected chi connectivity index (χ4v) is 2.34. The maximum Gasteiger partial charge on any atom is 0.258 e. The molecule has 2 rings (SSSR count). The summed E-state index contributed by atoms with van der Waals surface area (Å²) in [6.07, 6.45) is -0.281. The third-order valence-electron chi connectivity index (χ3n) is 3.63. The summed E-state index contributed by atoms with van der Waals surface area (Å²) < 4.78 is 5.42. The lowest BCUT2D eigenvalue weighted by atomic mass is 10.1. The van der Waals surface area contributed by atoms with Crippen LogP contribution in [0.3, 0.4) is 0 Å². The van der Waals surface area contributed by atoms with Gasteiger partial charge >= 0.3 is 0 Å². The average Bonchev–Trinajstić information content (AvgIpc) is 2.66. The van der Waals surface area contributed by atoms with Crippen molar-refractivity contribution < 1.29 is 19.1 Å². The highest BCUT2D eigenvalue weighted by molar-refractivity contribution is 5.91. The molecule has 0 aliphatic heterocycles. The highest BCUT2D eigenvalue weighted by Crippen LogP contribution is 2.21. The molecule has 3 amide bonds. The van der Waals surface area contributed by atoms with Gasteiger partial charge in [0.2, 0.25) is 11.8 Å². The molecule has 7 nitrogen and oxygen atoms in total. The van der Waals surface area contributed by atoms with Crippen molar-refractivity contribution in [2.24, 2.45) is 5.73 Å². The largest absolute Gasteiger partial charge is 0.484 e. The number of carbonyl (C=O) groups excluding carboxylic acids is 3. The molecule has 7 heteroatoms. The summed E-state index contributed by atoms with van der Waals surface area (Å²) >= 11 is 0. The van der Waals surface area contributed by atoms with Crippen LogP contribution < -0.4 is 21.1 Å². The van der Waals surface area contributed by atoms with E-state index in [0.717, 1.165) is 11.1 Å². The van der Waals surface area contributed by atoms with Crippen LogP contribution in [0, 0.1) is 0 Å². The number of hydrogen-bond donors (Lipinski definition) is 3. The molecule has 0 fully saturated rings. The molecule has 4 N–H and O–H groups in total. The van der Waals surface area contributed by atoms with Gasteiger partial charge in [-0.15, -0.1) is 0 Å². The van der Waals surface area contributed by atoms with E-state index in [1.54, 1.807) is 12.1 Å². The van der Waals surface area contributed by atoms with Crippen molar-refractivity contribution in [3.05, 3.63) is 54.6 Å². The lowest BCUT2D eigenvalue weighted by Gasteiger charge is -2.16. The van der Waals surface area contributed by atoms with E-state index in [9.17, 15) is 14.4 Å². The van der Waals surface area contributed by atoms with Gasteiger partial charge in [-0.3, -0.25) is 14.4 Å². The van der Waals surface area contributed by atoms with Gasteiger partial charge in [0.25, 0.3) is 5.91 Å². The summed E-state index contributed by atoms with van der Waals surface area (Å²) in [6.45, 7) is -0.281. The number of hydrogen-bond acceptors (Lipinski definition) is 4. The topological polar surface area (TPSA) is 111 Å². The van der Waals surface area contributed by atoms with Crippen LogP contribution in [-0.2, 0) is 14.4 Å². The van der Waals surface area contributed by atoms with Crippen LogP contribution >= 0.6 is 0 Å². The van der Waals surface area contributed by atoms with Gasteiger partial charge in [-0.25, -0.2) is 0 Å². The van der Waals surface area contributed by atoms with E-state index in [1.807, 2.05) is 42.5 Å². The van der Waals surface area contributed by atoms with Gasteiger partial charge < -0.3 is 21.1 Å². The quantitative estimate of drug-likeness (QED) is 0.651. The Morgan fingerprint density at radius 1 is 1.00 bits per heavy atom. The second-order valence-electron chi connectivity index (χ2n) is 5.58. The number of amides is 3. The minimum Gasteiger partial charge on any atom is -0.484 e. The molecule has 136 valence electrons. The third kappa shape index (κ3) is 5.62. The zero-order chi connectivity index (χ0) is 18.9. The molecule has 0 aromatic heterocycles. The van der Waals surface area contributed by atoms with Gasteiger partial charge in [0, 0.05) is 7.05 Å². The van der Waals surface area contributed by atoms with Crippen molar-refractivity contribution in [3.8, 4) is 16.9 Å². The summed E-state index contributed by atoms with van der Waals surface area (Å²) in [5.74, 6) is -1.18. The first-order valence-electron chi connectivity index (χ1n) is 8.07. The molecule has 0 unspecified atom stereocenters. The van der Waals surface area contributed by atoms with Crippen molar-refractivity contribution in [3.63, 3.8) is 0 Å². The van der Waals surface area contributed by atoms with Crippen molar-refractivity contribution in [2.45, 2.75) is 12.5 Å². The molecular formula is C19H21N3O4. The number of benzene rings is 2. The van der Waals surface area contributed by atoms with Crippen LogP contribution in [0.4, 0.5) is 0 Å². The van der Waals surface area contributed by atoms with E-state index >= 15 is 0 Å². The molecule has 0 bridgehead atoms. The molecule has 0 radical (unpaired) electrons. The maximum absolute atomic E-state index is 11.9. The molecule has 2 aromatic carbocycles. The zero-order valence-corrected chi connectivity index (χ0v) is 14.4. The van der Waals surface area contributed by atoms with E-state index in [-0.39, 0.29) is 13.0 Å². The first-order valence-corrected chi connectivity index (χ1v) is 8.07. The van der Waals surface area contributed by atoms with Gasteiger partial charge in [0.1, 0.15) is 11.8 Å². The predicted molar refractivity (Wildman–Crippen MR) is 97.2 cm³/mol. The number of carbonyl (C=O) groups is 3. The third-order valence-corrected chi connectivity index (χ3v) is 3.63. The number of ether oxygens (including phenoxy) is 1. The highest BCUT2D eigenvalue weighted by atomic mass is 16.5. The molecule has 0 heterocycles. The van der Waals surface area contributed by atoms with E-state index in [2.05, 4.69) is 10.6 Å². The number of rotatable bonds is 8. The summed E-state index contributed by atoms with van der Waals surface area (Å²) in [4.78, 5) is 34.6. The Labute approximate surface area is 151 Å². The highest BCUT2D eigenvalue weighted by Gasteiger charge is 2.21. The monoisotopic (exact) mass is 355 g/mol. The molecule has 1 atom stereocenters. The van der Waals surface area contributed by atoms with Gasteiger partial charge in [-0.2, -0.15) is 0 Å². The molecule has 0 aliphatic carbocycles. The lowest BCUT2D eigenvalue weighted by Crippen LogP contribution is -2.48. The van der Waals surface area contributed by atoms with E-state index in [4.69, 9.17) is 10.5 Å². The zero-order valence-electron chi connectivity index (χ0n) is 14.4. The van der Waals surface area contributed by atoms with Crippen LogP contribution in [0.15, 0.2) is 54.6 Å². The molecule has 0 spiro atoms. The van der Waals surface area contributed by atoms with Gasteiger partial charge in [-0.05, 0) is 23.3 Å². The first kappa shape index (κ1) is 19.0. The molecule has 26 heavy (non-hydrogen) atoms. The summed E-state index contributed by atoms with van der Waals surface area (Å²) in [5, 5.41) is 4.80. The Bertz CT molecular complexity index is 760. The second kappa shape index (κ2) is 9.22. The van der Waals surface area contributed by atoms with Crippen LogP contribution in [0.2, 0.25) is 0 Å². The Hall–Kier alpha value is -3.35. The Morgan fingerprint density at radius 2 is 1.62 bits per heavy atom. The van der Waals surface area contributed by atoms with E-state index < -0.39 is 23.8 Å². The molecular weight excluding hydrogens is 334 g/mol. The smallest absolute Gasteiger partial charge is 0.258 e. The SMILES string of the molecule is CNC(=O)[C@H](CC(N)=O)NC(=O)COc1ccc(-c2ccccc2)cc1. The average molecular weight is 355 g/mol. The fourth-order valence-electron chi connectivity index (χ4n) is 2.34. The summed E-state index contributed by atoms with van der Waals surface area (Å²) in [6, 6.07) is 16.1. The Balaban J connectivity index is 1.90. The van der Waals surface area contributed by atoms with Gasteiger partial charge in [-0.1, -0.05) is 42.5 Å². The van der Waals surface area contributed by atoms with Crippen molar-refractivity contribution in [2.75, 3.05) is 13.7 Å².